The Morgan fingerprint density at radius 1 is 1.31 bits per heavy atom. The molecule has 0 spiro atoms. The molecular formula is C11H12Cl2O3. The first-order valence-electron chi connectivity index (χ1n) is 5.01. The molecule has 1 aliphatic carbocycles. The predicted molar refractivity (Wildman–Crippen MR) is 62.5 cm³/mol. The molecular weight excluding hydrogens is 251 g/mol. The number of carboxylic acid groups (broad SMARTS) is 1. The van der Waals surface area contributed by atoms with Crippen molar-refractivity contribution < 1.29 is 14.7 Å². The molecule has 1 rings (SSSR count). The molecule has 0 saturated heterocycles. The predicted octanol–water partition coefficient (Wildman–Crippen LogP) is 3.08. The SMILES string of the molecule is O=C(O)CCCCC1C=C(Cl)C(Cl)=CC1=O. The minimum absolute atomic E-state index is 0.0651. The maximum atomic E-state index is 11.5. The minimum atomic E-state index is -0.813. The molecule has 88 valence electrons. The van der Waals surface area contributed by atoms with Gasteiger partial charge < -0.3 is 5.11 Å². The first-order chi connectivity index (χ1) is 7.50. The van der Waals surface area contributed by atoms with Gasteiger partial charge in [0.15, 0.2) is 5.78 Å². The Kier molecular flexibility index (Phi) is 5.03. The number of halogens is 2. The summed E-state index contributed by atoms with van der Waals surface area (Å²) >= 11 is 11.5. The van der Waals surface area contributed by atoms with Gasteiger partial charge in [-0.2, -0.15) is 0 Å². The third-order valence-electron chi connectivity index (χ3n) is 2.37. The standard InChI is InChI=1S/C11H12Cl2O3/c12-8-5-7(10(14)6-9(8)13)3-1-2-4-11(15)16/h5-7H,1-4H2,(H,15,16). The van der Waals surface area contributed by atoms with Crippen molar-refractivity contribution in [3.05, 3.63) is 22.2 Å². The number of hydrogen-bond donors (Lipinski definition) is 1. The van der Waals surface area contributed by atoms with Crippen molar-refractivity contribution in [2.75, 3.05) is 0 Å². The van der Waals surface area contributed by atoms with Crippen molar-refractivity contribution in [1.29, 1.82) is 0 Å². The van der Waals surface area contributed by atoms with Crippen molar-refractivity contribution in [2.45, 2.75) is 25.7 Å². The molecule has 0 aromatic heterocycles. The van der Waals surface area contributed by atoms with Crippen LogP contribution in [-0.4, -0.2) is 16.9 Å². The van der Waals surface area contributed by atoms with Crippen LogP contribution in [0.5, 0.6) is 0 Å². The van der Waals surface area contributed by atoms with Crippen LogP contribution in [0.2, 0.25) is 0 Å². The molecule has 1 unspecified atom stereocenters. The number of ketones is 1. The van der Waals surface area contributed by atoms with Crippen LogP contribution in [0, 0.1) is 5.92 Å². The highest BCUT2D eigenvalue weighted by molar-refractivity contribution is 6.45. The summed E-state index contributed by atoms with van der Waals surface area (Å²) in [6.07, 6.45) is 4.97. The minimum Gasteiger partial charge on any atom is -0.481 e. The molecule has 16 heavy (non-hydrogen) atoms. The van der Waals surface area contributed by atoms with E-state index in [1.807, 2.05) is 0 Å². The number of carbonyl (C=O) groups is 2. The van der Waals surface area contributed by atoms with Crippen LogP contribution in [0.25, 0.3) is 0 Å². The lowest BCUT2D eigenvalue weighted by atomic mass is 9.93. The highest BCUT2D eigenvalue weighted by Crippen LogP contribution is 2.28. The number of unbranched alkanes of at least 4 members (excludes halogenated alkanes) is 1. The molecule has 0 saturated carbocycles. The lowest BCUT2D eigenvalue weighted by Gasteiger charge is -2.14. The average molecular weight is 263 g/mol. The second-order valence-corrected chi connectivity index (χ2v) is 4.47. The number of rotatable bonds is 5. The van der Waals surface area contributed by atoms with Crippen LogP contribution >= 0.6 is 23.2 Å². The summed E-state index contributed by atoms with van der Waals surface area (Å²) in [6, 6.07) is 0. The first kappa shape index (κ1) is 13.3. The summed E-state index contributed by atoms with van der Waals surface area (Å²) in [7, 11) is 0. The zero-order valence-electron chi connectivity index (χ0n) is 8.58. The lowest BCUT2D eigenvalue weighted by molar-refractivity contribution is -0.137. The molecule has 0 amide bonds. The van der Waals surface area contributed by atoms with Gasteiger partial charge in [-0.3, -0.25) is 9.59 Å². The van der Waals surface area contributed by atoms with Crippen LogP contribution in [0.3, 0.4) is 0 Å². The van der Waals surface area contributed by atoms with Crippen molar-refractivity contribution in [3.8, 4) is 0 Å². The van der Waals surface area contributed by atoms with Crippen molar-refractivity contribution in [2.24, 2.45) is 5.92 Å². The second-order valence-electron chi connectivity index (χ2n) is 3.66. The van der Waals surface area contributed by atoms with E-state index in [9.17, 15) is 9.59 Å². The Morgan fingerprint density at radius 2 is 2.00 bits per heavy atom. The fourth-order valence-corrected chi connectivity index (χ4v) is 1.88. The second kappa shape index (κ2) is 6.06. The van der Waals surface area contributed by atoms with E-state index in [2.05, 4.69) is 0 Å². The van der Waals surface area contributed by atoms with Gasteiger partial charge in [-0.15, -0.1) is 0 Å². The largest absolute Gasteiger partial charge is 0.481 e. The Labute approximate surface area is 104 Å². The molecule has 1 atom stereocenters. The lowest BCUT2D eigenvalue weighted by Crippen LogP contribution is -2.13. The smallest absolute Gasteiger partial charge is 0.303 e. The van der Waals surface area contributed by atoms with Gasteiger partial charge in [-0.1, -0.05) is 35.7 Å². The number of hydrogen-bond acceptors (Lipinski definition) is 2. The van der Waals surface area contributed by atoms with E-state index in [4.69, 9.17) is 28.3 Å². The van der Waals surface area contributed by atoms with Crippen molar-refractivity contribution in [3.63, 3.8) is 0 Å². The van der Waals surface area contributed by atoms with Gasteiger partial charge in [0, 0.05) is 18.4 Å². The third kappa shape index (κ3) is 3.99. The number of aliphatic carboxylic acids is 1. The maximum absolute atomic E-state index is 11.5. The van der Waals surface area contributed by atoms with Gasteiger partial charge in [0.05, 0.1) is 10.1 Å². The van der Waals surface area contributed by atoms with Crippen molar-refractivity contribution in [1.82, 2.24) is 0 Å². The zero-order chi connectivity index (χ0) is 12.1. The van der Waals surface area contributed by atoms with Crippen LogP contribution in [0.1, 0.15) is 25.7 Å². The van der Waals surface area contributed by atoms with Gasteiger partial charge >= 0.3 is 5.97 Å². The Balaban J connectivity index is 2.39. The highest BCUT2D eigenvalue weighted by atomic mass is 35.5. The number of allylic oxidation sites excluding steroid dienone is 4. The summed E-state index contributed by atoms with van der Waals surface area (Å²) in [4.78, 5) is 21.8. The Hall–Kier alpha value is -0.800. The van der Waals surface area contributed by atoms with Crippen LogP contribution in [0.4, 0.5) is 0 Å². The molecule has 1 N–H and O–H groups in total. The van der Waals surface area contributed by atoms with Gasteiger partial charge in [-0.05, 0) is 12.8 Å². The van der Waals surface area contributed by atoms with E-state index in [1.165, 1.54) is 6.08 Å². The van der Waals surface area contributed by atoms with Gasteiger partial charge in [0.25, 0.3) is 0 Å². The quantitative estimate of drug-likeness (QED) is 0.775. The van der Waals surface area contributed by atoms with E-state index in [0.717, 1.165) is 0 Å². The summed E-state index contributed by atoms with van der Waals surface area (Å²) in [5.41, 5.74) is 0. The molecule has 0 fully saturated rings. The average Bonchev–Trinajstić information content (AvgIpc) is 2.19. The van der Waals surface area contributed by atoms with E-state index in [0.29, 0.717) is 24.3 Å². The molecule has 3 nitrogen and oxygen atoms in total. The van der Waals surface area contributed by atoms with Gasteiger partial charge in [-0.25, -0.2) is 0 Å². The molecule has 0 aromatic rings. The normalized spacial score (nSPS) is 20.4. The van der Waals surface area contributed by atoms with Crippen LogP contribution < -0.4 is 0 Å². The molecule has 0 aromatic carbocycles. The fourth-order valence-electron chi connectivity index (χ4n) is 1.51. The van der Waals surface area contributed by atoms with E-state index >= 15 is 0 Å². The number of carboxylic acids is 1. The molecule has 0 radical (unpaired) electrons. The van der Waals surface area contributed by atoms with Gasteiger partial charge in [0.1, 0.15) is 0 Å². The molecule has 0 aliphatic heterocycles. The maximum Gasteiger partial charge on any atom is 0.303 e. The van der Waals surface area contributed by atoms with E-state index in [-0.39, 0.29) is 23.2 Å². The van der Waals surface area contributed by atoms with Crippen LogP contribution in [-0.2, 0) is 9.59 Å². The summed E-state index contributed by atoms with van der Waals surface area (Å²) in [5.74, 6) is -1.14. The summed E-state index contributed by atoms with van der Waals surface area (Å²) < 4.78 is 0. The zero-order valence-corrected chi connectivity index (χ0v) is 10.1. The molecule has 0 bridgehead atoms. The fraction of sp³-hybridized carbons (Fsp3) is 0.455. The molecule has 1 aliphatic rings. The third-order valence-corrected chi connectivity index (χ3v) is 3.10. The van der Waals surface area contributed by atoms with E-state index < -0.39 is 5.97 Å². The Morgan fingerprint density at radius 3 is 2.62 bits per heavy atom. The highest BCUT2D eigenvalue weighted by Gasteiger charge is 2.20. The molecule has 5 heteroatoms. The summed E-state index contributed by atoms with van der Waals surface area (Å²) in [5, 5.41) is 9.12. The summed E-state index contributed by atoms with van der Waals surface area (Å²) in [6.45, 7) is 0. The van der Waals surface area contributed by atoms with Crippen molar-refractivity contribution >= 4 is 35.0 Å². The topological polar surface area (TPSA) is 54.4 Å². The van der Waals surface area contributed by atoms with E-state index in [1.54, 1.807) is 6.08 Å². The monoisotopic (exact) mass is 262 g/mol. The first-order valence-corrected chi connectivity index (χ1v) is 5.77. The number of carbonyl (C=O) groups excluding carboxylic acids is 1. The Bertz CT molecular complexity index is 358. The molecule has 0 heterocycles. The van der Waals surface area contributed by atoms with Gasteiger partial charge in [0.2, 0.25) is 0 Å². The van der Waals surface area contributed by atoms with Crippen LogP contribution in [0.15, 0.2) is 22.2 Å².